The van der Waals surface area contributed by atoms with Crippen LogP contribution >= 0.6 is 12.2 Å². The number of rotatable bonds is 2. The van der Waals surface area contributed by atoms with Crippen molar-refractivity contribution in [2.45, 2.75) is 32.6 Å². The summed E-state index contributed by atoms with van der Waals surface area (Å²) in [6.45, 7) is 2.06. The lowest BCUT2D eigenvalue weighted by atomic mass is 10.0. The zero-order chi connectivity index (χ0) is 16.1. The molecule has 23 heavy (non-hydrogen) atoms. The molecule has 0 fully saturated rings. The van der Waals surface area contributed by atoms with Crippen molar-refractivity contribution < 1.29 is 0 Å². The van der Waals surface area contributed by atoms with Crippen LogP contribution in [0.2, 0.25) is 0 Å². The van der Waals surface area contributed by atoms with E-state index < -0.39 is 0 Å². The first kappa shape index (κ1) is 15.7. The summed E-state index contributed by atoms with van der Waals surface area (Å²) in [7, 11) is 0. The van der Waals surface area contributed by atoms with E-state index in [4.69, 9.17) is 12.2 Å². The second-order valence-corrected chi connectivity index (χ2v) is 6.27. The maximum atomic E-state index is 5.35. The number of benzene rings is 2. The van der Waals surface area contributed by atoms with Crippen molar-refractivity contribution in [3.8, 4) is 0 Å². The number of hydrogen-bond donors (Lipinski definition) is 2. The van der Waals surface area contributed by atoms with Gasteiger partial charge >= 0.3 is 0 Å². The Hall–Kier alpha value is -2.20. The van der Waals surface area contributed by atoms with Gasteiger partial charge in [-0.05, 0) is 68.1 Å². The zero-order valence-electron chi connectivity index (χ0n) is 13.3. The number of anilines is 1. The predicted molar refractivity (Wildman–Crippen MR) is 101 cm³/mol. The molecule has 0 atom stereocenters. The summed E-state index contributed by atoms with van der Waals surface area (Å²) in [5, 5.41) is 8.26. The van der Waals surface area contributed by atoms with Crippen molar-refractivity contribution in [1.82, 2.24) is 5.43 Å². The Morgan fingerprint density at radius 3 is 2.74 bits per heavy atom. The largest absolute Gasteiger partial charge is 0.331 e. The van der Waals surface area contributed by atoms with Gasteiger partial charge in [0.1, 0.15) is 0 Å². The molecule has 0 saturated carbocycles. The first-order valence-electron chi connectivity index (χ1n) is 8.01. The topological polar surface area (TPSA) is 36.4 Å². The molecule has 0 saturated heterocycles. The average Bonchev–Trinajstić information content (AvgIpc) is 2.75. The summed E-state index contributed by atoms with van der Waals surface area (Å²) in [5.74, 6) is 0. The minimum absolute atomic E-state index is 0.518. The maximum Gasteiger partial charge on any atom is 0.191 e. The molecule has 0 aromatic heterocycles. The van der Waals surface area contributed by atoms with E-state index in [-0.39, 0.29) is 0 Å². The van der Waals surface area contributed by atoms with Crippen molar-refractivity contribution in [3.63, 3.8) is 0 Å². The smallest absolute Gasteiger partial charge is 0.191 e. The van der Waals surface area contributed by atoms with Gasteiger partial charge in [-0.3, -0.25) is 5.43 Å². The highest BCUT2D eigenvalue weighted by Gasteiger charge is 2.13. The number of thiocarbonyl (C=S) groups is 1. The molecule has 4 heteroatoms. The molecule has 0 spiro atoms. The first-order chi connectivity index (χ1) is 11.2. The predicted octanol–water partition coefficient (Wildman–Crippen LogP) is 4.41. The summed E-state index contributed by atoms with van der Waals surface area (Å²) in [5.41, 5.74) is 8.88. The second-order valence-electron chi connectivity index (χ2n) is 5.86. The Balaban J connectivity index is 1.71. The summed E-state index contributed by atoms with van der Waals surface area (Å²) >= 11 is 5.35. The highest BCUT2D eigenvalue weighted by atomic mass is 32.1. The van der Waals surface area contributed by atoms with E-state index >= 15 is 0 Å². The molecule has 0 amide bonds. The molecule has 118 valence electrons. The molecule has 0 radical (unpaired) electrons. The van der Waals surface area contributed by atoms with Gasteiger partial charge in [0.25, 0.3) is 0 Å². The minimum Gasteiger partial charge on any atom is -0.331 e. The fourth-order valence-electron chi connectivity index (χ4n) is 2.88. The third-order valence-corrected chi connectivity index (χ3v) is 4.20. The molecule has 3 rings (SSSR count). The molecule has 0 heterocycles. The fourth-order valence-corrected chi connectivity index (χ4v) is 3.04. The van der Waals surface area contributed by atoms with Crippen LogP contribution in [0.25, 0.3) is 0 Å². The number of hydrazone groups is 1. The Kier molecular flexibility index (Phi) is 5.03. The maximum absolute atomic E-state index is 5.35. The van der Waals surface area contributed by atoms with Crippen LogP contribution in [-0.2, 0) is 6.42 Å². The van der Waals surface area contributed by atoms with Gasteiger partial charge in [0.2, 0.25) is 0 Å². The van der Waals surface area contributed by atoms with Crippen LogP contribution in [0.5, 0.6) is 0 Å². The SMILES string of the molecule is Cc1cccc(NC(=S)N/N=C2\CCCCc3ccccc32)c1. The van der Waals surface area contributed by atoms with Crippen LogP contribution < -0.4 is 10.7 Å². The van der Waals surface area contributed by atoms with E-state index in [0.29, 0.717) is 5.11 Å². The van der Waals surface area contributed by atoms with Crippen LogP contribution in [0, 0.1) is 6.92 Å². The average molecular weight is 323 g/mol. The number of fused-ring (bicyclic) bond motifs is 1. The quantitative estimate of drug-likeness (QED) is 0.488. The molecule has 0 unspecified atom stereocenters. The van der Waals surface area contributed by atoms with E-state index in [1.807, 2.05) is 12.1 Å². The highest BCUT2D eigenvalue weighted by molar-refractivity contribution is 7.80. The standard InChI is InChI=1S/C19H21N3S/c1-14-7-6-10-16(13-14)20-19(23)22-21-18-12-5-3-9-15-8-2-4-11-17(15)18/h2,4,6-8,10-11,13H,3,5,9,12H2,1H3,(H2,20,22,23)/b21-18+. The van der Waals surface area contributed by atoms with Crippen molar-refractivity contribution in [1.29, 1.82) is 0 Å². The third kappa shape index (κ3) is 4.17. The molecule has 2 aromatic rings. The molecule has 0 aliphatic heterocycles. The lowest BCUT2D eigenvalue weighted by molar-refractivity contribution is 0.774. The monoisotopic (exact) mass is 323 g/mol. The van der Waals surface area contributed by atoms with E-state index in [1.54, 1.807) is 0 Å². The molecule has 1 aliphatic carbocycles. The van der Waals surface area contributed by atoms with Crippen LogP contribution in [0.15, 0.2) is 53.6 Å². The van der Waals surface area contributed by atoms with Gasteiger partial charge in [0.05, 0.1) is 5.71 Å². The van der Waals surface area contributed by atoms with Crippen LogP contribution in [0.3, 0.4) is 0 Å². The zero-order valence-corrected chi connectivity index (χ0v) is 14.1. The molecule has 3 nitrogen and oxygen atoms in total. The number of hydrogen-bond acceptors (Lipinski definition) is 2. The Bertz CT molecular complexity index is 737. The number of aryl methyl sites for hydroxylation is 2. The molecule has 2 aromatic carbocycles. The molecule has 2 N–H and O–H groups in total. The van der Waals surface area contributed by atoms with Gasteiger partial charge < -0.3 is 5.32 Å². The first-order valence-corrected chi connectivity index (χ1v) is 8.42. The Morgan fingerprint density at radius 2 is 1.87 bits per heavy atom. The normalized spacial score (nSPS) is 15.6. The van der Waals surface area contributed by atoms with Gasteiger partial charge in [0.15, 0.2) is 5.11 Å². The third-order valence-electron chi connectivity index (χ3n) is 4.01. The van der Waals surface area contributed by atoms with Gasteiger partial charge in [0, 0.05) is 11.3 Å². The van der Waals surface area contributed by atoms with Gasteiger partial charge in [-0.15, -0.1) is 0 Å². The highest BCUT2D eigenvalue weighted by Crippen LogP contribution is 2.20. The van der Waals surface area contributed by atoms with Crippen molar-refractivity contribution >= 4 is 28.7 Å². The van der Waals surface area contributed by atoms with E-state index in [1.165, 1.54) is 23.1 Å². The Morgan fingerprint density at radius 1 is 1.04 bits per heavy atom. The second kappa shape index (κ2) is 7.38. The van der Waals surface area contributed by atoms with E-state index in [0.717, 1.165) is 30.7 Å². The van der Waals surface area contributed by atoms with Crippen LogP contribution in [0.4, 0.5) is 5.69 Å². The number of nitrogens with zero attached hydrogens (tertiary/aromatic N) is 1. The Labute approximate surface area is 142 Å². The van der Waals surface area contributed by atoms with Crippen molar-refractivity contribution in [2.75, 3.05) is 5.32 Å². The lowest BCUT2D eigenvalue weighted by Gasteiger charge is -2.11. The van der Waals surface area contributed by atoms with Crippen molar-refractivity contribution in [2.24, 2.45) is 5.10 Å². The summed E-state index contributed by atoms with van der Waals surface area (Å²) < 4.78 is 0. The molecule has 0 bridgehead atoms. The van der Waals surface area contributed by atoms with Gasteiger partial charge in [-0.2, -0.15) is 5.10 Å². The van der Waals surface area contributed by atoms with Crippen LogP contribution in [0.1, 0.15) is 36.0 Å². The molecule has 1 aliphatic rings. The van der Waals surface area contributed by atoms with Gasteiger partial charge in [-0.1, -0.05) is 36.4 Å². The van der Waals surface area contributed by atoms with Crippen molar-refractivity contribution in [3.05, 3.63) is 65.2 Å². The van der Waals surface area contributed by atoms with Gasteiger partial charge in [-0.25, -0.2) is 0 Å². The summed E-state index contributed by atoms with van der Waals surface area (Å²) in [6, 6.07) is 16.6. The lowest BCUT2D eigenvalue weighted by Crippen LogP contribution is -2.25. The summed E-state index contributed by atoms with van der Waals surface area (Å²) in [6.07, 6.45) is 4.48. The molecular weight excluding hydrogens is 302 g/mol. The van der Waals surface area contributed by atoms with Crippen LogP contribution in [-0.4, -0.2) is 10.8 Å². The number of nitrogens with one attached hydrogen (secondary N) is 2. The van der Waals surface area contributed by atoms with E-state index in [2.05, 4.69) is 59.2 Å². The van der Waals surface area contributed by atoms with E-state index in [9.17, 15) is 0 Å². The fraction of sp³-hybridized carbons (Fsp3) is 0.263. The molecular formula is C19H21N3S. The minimum atomic E-state index is 0.518. The summed E-state index contributed by atoms with van der Waals surface area (Å²) in [4.78, 5) is 0.